The zero-order chi connectivity index (χ0) is 11.5. The Balaban J connectivity index is 2.30. The molecule has 0 radical (unpaired) electrons. The Morgan fingerprint density at radius 1 is 1.38 bits per heavy atom. The van der Waals surface area contributed by atoms with Crippen molar-refractivity contribution in [3.05, 3.63) is 35.4 Å². The molecule has 0 amide bonds. The summed E-state index contributed by atoms with van der Waals surface area (Å²) in [6.07, 6.45) is 1.41. The second-order valence-corrected chi connectivity index (χ2v) is 4.21. The van der Waals surface area contributed by atoms with Crippen LogP contribution in [-0.4, -0.2) is 12.6 Å². The molecule has 1 heterocycles. The maximum Gasteiger partial charge on any atom is 0.129 e. The average Bonchev–Trinajstić information content (AvgIpc) is 2.32. The lowest BCUT2D eigenvalue weighted by Crippen LogP contribution is -2.35. The lowest BCUT2D eigenvalue weighted by Gasteiger charge is -2.31. The van der Waals surface area contributed by atoms with Crippen LogP contribution in [0.25, 0.3) is 0 Å². The first-order chi connectivity index (χ1) is 7.72. The molecule has 1 aliphatic rings. The average molecular weight is 245 g/mol. The van der Waals surface area contributed by atoms with E-state index in [2.05, 4.69) is 14.5 Å². The monoisotopic (exact) mass is 245 g/mol. The van der Waals surface area contributed by atoms with Crippen LogP contribution in [-0.2, 0) is 4.74 Å². The van der Waals surface area contributed by atoms with Crippen molar-refractivity contribution in [2.24, 2.45) is 0 Å². The van der Waals surface area contributed by atoms with E-state index in [0.29, 0.717) is 12.2 Å². The number of halogens is 2. The summed E-state index contributed by atoms with van der Waals surface area (Å²) < 4.78 is 32.2. The highest BCUT2D eigenvalue weighted by Crippen LogP contribution is 2.31. The van der Waals surface area contributed by atoms with Crippen molar-refractivity contribution in [3.8, 4) is 0 Å². The van der Waals surface area contributed by atoms with Gasteiger partial charge in [0.25, 0.3) is 0 Å². The number of benzene rings is 1. The van der Waals surface area contributed by atoms with E-state index < -0.39 is 17.7 Å². The standard InChI is InChI=1S/C11H14F2NOP/c12-7-3-4-9(13)8(6-7)11-10(14-16)2-1-5-15-11/h3-4,6,10-11,14H,1-2,5,16H2/t10-,11?/m0/s1. The SMILES string of the molecule is Fc1ccc(F)c(C2OCCC[C@@H]2NP)c1. The summed E-state index contributed by atoms with van der Waals surface area (Å²) in [4.78, 5) is 0. The van der Waals surface area contributed by atoms with E-state index in [-0.39, 0.29) is 6.04 Å². The number of nitrogens with one attached hydrogen (secondary N) is 1. The van der Waals surface area contributed by atoms with Crippen LogP contribution in [0, 0.1) is 11.6 Å². The van der Waals surface area contributed by atoms with Crippen LogP contribution in [0.5, 0.6) is 0 Å². The maximum atomic E-state index is 13.6. The second-order valence-electron chi connectivity index (χ2n) is 3.87. The summed E-state index contributed by atoms with van der Waals surface area (Å²) in [7, 11) is 2.40. The van der Waals surface area contributed by atoms with Gasteiger partial charge in [0.15, 0.2) is 0 Å². The normalized spacial score (nSPS) is 25.7. The highest BCUT2D eigenvalue weighted by Gasteiger charge is 2.28. The Kier molecular flexibility index (Phi) is 3.85. The molecule has 2 rings (SSSR count). The first kappa shape index (κ1) is 11.9. The van der Waals surface area contributed by atoms with Gasteiger partial charge in [-0.3, -0.25) is 5.09 Å². The van der Waals surface area contributed by atoms with Gasteiger partial charge in [-0.2, -0.15) is 0 Å². The van der Waals surface area contributed by atoms with Gasteiger partial charge in [0.05, 0.1) is 0 Å². The Morgan fingerprint density at radius 3 is 2.94 bits per heavy atom. The van der Waals surface area contributed by atoms with Crippen molar-refractivity contribution in [3.63, 3.8) is 0 Å². The molecule has 0 aromatic heterocycles. The Labute approximate surface area is 95.6 Å². The van der Waals surface area contributed by atoms with Crippen molar-refractivity contribution in [1.29, 1.82) is 0 Å². The number of hydrogen-bond acceptors (Lipinski definition) is 2. The summed E-state index contributed by atoms with van der Waals surface area (Å²) in [5.41, 5.74) is 0.291. The molecule has 2 unspecified atom stereocenters. The van der Waals surface area contributed by atoms with Crippen LogP contribution in [0.1, 0.15) is 24.5 Å². The molecule has 1 saturated heterocycles. The van der Waals surface area contributed by atoms with E-state index in [0.717, 1.165) is 25.0 Å². The third kappa shape index (κ3) is 2.40. The first-order valence-electron chi connectivity index (χ1n) is 5.25. The lowest BCUT2D eigenvalue weighted by molar-refractivity contribution is -0.00595. The fourth-order valence-electron chi connectivity index (χ4n) is 1.99. The molecule has 0 bridgehead atoms. The largest absolute Gasteiger partial charge is 0.372 e. The van der Waals surface area contributed by atoms with E-state index in [9.17, 15) is 8.78 Å². The van der Waals surface area contributed by atoms with Gasteiger partial charge in [-0.25, -0.2) is 8.78 Å². The zero-order valence-corrected chi connectivity index (χ0v) is 9.90. The predicted octanol–water partition coefficient (Wildman–Crippen LogP) is 2.56. The summed E-state index contributed by atoms with van der Waals surface area (Å²) in [5.74, 6) is -0.855. The first-order valence-corrected chi connectivity index (χ1v) is 5.83. The molecular formula is C11H14F2NOP. The number of ether oxygens (including phenoxy) is 1. The quantitative estimate of drug-likeness (QED) is 0.808. The molecule has 2 nitrogen and oxygen atoms in total. The third-order valence-electron chi connectivity index (χ3n) is 2.80. The summed E-state index contributed by atoms with van der Waals surface area (Å²) in [6, 6.07) is 3.48. The minimum absolute atomic E-state index is 0.00931. The minimum atomic E-state index is -0.437. The van der Waals surface area contributed by atoms with Gasteiger partial charge in [0.1, 0.15) is 17.7 Å². The molecule has 0 spiro atoms. The van der Waals surface area contributed by atoms with Crippen molar-refractivity contribution >= 4 is 9.39 Å². The van der Waals surface area contributed by atoms with Crippen LogP contribution >= 0.6 is 9.39 Å². The molecule has 1 aromatic rings. The van der Waals surface area contributed by atoms with E-state index in [1.54, 1.807) is 0 Å². The molecule has 0 aliphatic carbocycles. The molecule has 1 aliphatic heterocycles. The molecule has 1 N–H and O–H groups in total. The van der Waals surface area contributed by atoms with Crippen LogP contribution in [0.2, 0.25) is 0 Å². The van der Waals surface area contributed by atoms with E-state index in [1.807, 2.05) is 0 Å². The van der Waals surface area contributed by atoms with Crippen molar-refractivity contribution < 1.29 is 13.5 Å². The Bertz CT molecular complexity index is 375. The zero-order valence-electron chi connectivity index (χ0n) is 8.75. The second kappa shape index (κ2) is 5.17. The molecule has 3 atom stereocenters. The smallest absolute Gasteiger partial charge is 0.129 e. The van der Waals surface area contributed by atoms with Gasteiger partial charge >= 0.3 is 0 Å². The van der Waals surface area contributed by atoms with Gasteiger partial charge in [0.2, 0.25) is 0 Å². The highest BCUT2D eigenvalue weighted by atomic mass is 31.0. The summed E-state index contributed by atoms with van der Waals surface area (Å²) in [5, 5.41) is 3.00. The Morgan fingerprint density at radius 2 is 2.19 bits per heavy atom. The van der Waals surface area contributed by atoms with Gasteiger partial charge < -0.3 is 4.74 Å². The topological polar surface area (TPSA) is 21.3 Å². The molecule has 88 valence electrons. The van der Waals surface area contributed by atoms with Gasteiger partial charge in [-0.15, -0.1) is 0 Å². The van der Waals surface area contributed by atoms with Crippen LogP contribution in [0.15, 0.2) is 18.2 Å². The molecule has 1 fully saturated rings. The van der Waals surface area contributed by atoms with Crippen molar-refractivity contribution in [1.82, 2.24) is 5.09 Å². The van der Waals surface area contributed by atoms with Gasteiger partial charge in [-0.05, 0) is 31.0 Å². The Hall–Kier alpha value is -0.570. The van der Waals surface area contributed by atoms with E-state index >= 15 is 0 Å². The summed E-state index contributed by atoms with van der Waals surface area (Å²) >= 11 is 0. The van der Waals surface area contributed by atoms with Crippen LogP contribution in [0.3, 0.4) is 0 Å². The van der Waals surface area contributed by atoms with Crippen LogP contribution in [0.4, 0.5) is 8.78 Å². The van der Waals surface area contributed by atoms with Crippen LogP contribution < -0.4 is 5.09 Å². The number of hydrogen-bond donors (Lipinski definition) is 1. The predicted molar refractivity (Wildman–Crippen MR) is 60.9 cm³/mol. The minimum Gasteiger partial charge on any atom is -0.372 e. The van der Waals surface area contributed by atoms with Gasteiger partial charge in [-0.1, -0.05) is 9.39 Å². The molecule has 5 heteroatoms. The molecular weight excluding hydrogens is 231 g/mol. The molecule has 0 saturated carbocycles. The van der Waals surface area contributed by atoms with Crippen molar-refractivity contribution in [2.45, 2.75) is 25.0 Å². The van der Waals surface area contributed by atoms with Gasteiger partial charge in [0, 0.05) is 18.2 Å². The highest BCUT2D eigenvalue weighted by molar-refractivity contribution is 7.13. The lowest BCUT2D eigenvalue weighted by atomic mass is 9.96. The maximum absolute atomic E-state index is 13.6. The molecule has 16 heavy (non-hydrogen) atoms. The third-order valence-corrected chi connectivity index (χ3v) is 3.23. The van der Waals surface area contributed by atoms with Crippen molar-refractivity contribution in [2.75, 3.05) is 6.61 Å². The fourth-order valence-corrected chi connectivity index (χ4v) is 2.33. The summed E-state index contributed by atoms with van der Waals surface area (Å²) in [6.45, 7) is 0.587. The van der Waals surface area contributed by atoms with E-state index in [4.69, 9.17) is 4.74 Å². The van der Waals surface area contributed by atoms with E-state index in [1.165, 1.54) is 6.07 Å². The number of rotatable bonds is 2. The fraction of sp³-hybridized carbons (Fsp3) is 0.455. The molecule has 1 aromatic carbocycles.